The van der Waals surface area contributed by atoms with Crippen molar-refractivity contribution < 1.29 is 17.6 Å². The molecule has 0 saturated heterocycles. The number of rotatable bonds is 2. The third kappa shape index (κ3) is 2.75. The fourth-order valence-electron chi connectivity index (χ4n) is 2.66. The second kappa shape index (κ2) is 5.44. The summed E-state index contributed by atoms with van der Waals surface area (Å²) in [5.41, 5.74) is 1.39. The van der Waals surface area contributed by atoms with E-state index < -0.39 is 11.7 Å². The number of H-pyrrole nitrogens is 1. The number of aryl methyl sites for hydroxylation is 1. The minimum Gasteiger partial charge on any atom is -0.421 e. The first-order valence-corrected chi connectivity index (χ1v) is 7.37. The van der Waals surface area contributed by atoms with Gasteiger partial charge in [0.15, 0.2) is 0 Å². The average molecular weight is 344 g/mol. The molecule has 0 spiro atoms. The van der Waals surface area contributed by atoms with Crippen LogP contribution in [0.5, 0.6) is 0 Å². The van der Waals surface area contributed by atoms with Gasteiger partial charge in [-0.2, -0.15) is 18.3 Å². The minimum atomic E-state index is -4.44. The zero-order chi connectivity index (χ0) is 17.6. The second-order valence-corrected chi connectivity index (χ2v) is 5.56. The molecule has 25 heavy (non-hydrogen) atoms. The molecule has 4 rings (SSSR count). The molecule has 2 aromatic carbocycles. The number of nitrogens with one attached hydrogen (secondary N) is 1. The highest BCUT2D eigenvalue weighted by Crippen LogP contribution is 2.37. The number of aromatic nitrogens is 4. The number of hydrogen-bond donors (Lipinski definition) is 1. The molecule has 2 heterocycles. The highest BCUT2D eigenvalue weighted by atomic mass is 19.4. The van der Waals surface area contributed by atoms with Crippen LogP contribution < -0.4 is 0 Å². The van der Waals surface area contributed by atoms with E-state index in [0.717, 1.165) is 12.1 Å². The Balaban J connectivity index is 1.82. The maximum atomic E-state index is 13.1. The van der Waals surface area contributed by atoms with Gasteiger partial charge >= 0.3 is 6.18 Å². The van der Waals surface area contributed by atoms with Crippen LogP contribution in [0.3, 0.4) is 0 Å². The fraction of sp³-hybridized carbons (Fsp3) is 0.118. The molecule has 4 aromatic rings. The molecule has 0 aliphatic rings. The molecule has 0 unspecified atom stereocenters. The molecule has 5 nitrogen and oxygen atoms in total. The number of fused-ring (bicyclic) bond motifs is 1. The number of halogens is 3. The van der Waals surface area contributed by atoms with E-state index in [0.29, 0.717) is 39.4 Å². The lowest BCUT2D eigenvalue weighted by Crippen LogP contribution is -2.05. The molecular weight excluding hydrogens is 333 g/mol. The predicted molar refractivity (Wildman–Crippen MR) is 84.6 cm³/mol. The van der Waals surface area contributed by atoms with Gasteiger partial charge in [-0.05, 0) is 35.4 Å². The maximum Gasteiger partial charge on any atom is 0.416 e. The number of benzene rings is 2. The lowest BCUT2D eigenvalue weighted by atomic mass is 9.98. The average Bonchev–Trinajstić information content (AvgIpc) is 3.22. The van der Waals surface area contributed by atoms with E-state index >= 15 is 0 Å². The number of alkyl halides is 3. The van der Waals surface area contributed by atoms with E-state index in [4.69, 9.17) is 4.42 Å². The summed E-state index contributed by atoms with van der Waals surface area (Å²) in [7, 11) is 0. The zero-order valence-corrected chi connectivity index (χ0v) is 12.9. The van der Waals surface area contributed by atoms with E-state index in [1.54, 1.807) is 31.2 Å². The predicted octanol–water partition coefficient (Wildman–Crippen LogP) is 4.61. The van der Waals surface area contributed by atoms with Gasteiger partial charge in [0.2, 0.25) is 11.8 Å². The Labute approximate surface area is 139 Å². The van der Waals surface area contributed by atoms with Gasteiger partial charge in [-0.3, -0.25) is 5.10 Å². The smallest absolute Gasteiger partial charge is 0.416 e. The first-order chi connectivity index (χ1) is 11.9. The SMILES string of the molecule is Cc1nnc(-c2ccc(-c3cc(C(F)(F)F)cc4[nH]ncc34)cc2)o1. The second-order valence-electron chi connectivity index (χ2n) is 5.56. The van der Waals surface area contributed by atoms with E-state index in [2.05, 4.69) is 20.4 Å². The molecule has 0 amide bonds. The van der Waals surface area contributed by atoms with Crippen LogP contribution in [0.2, 0.25) is 0 Å². The summed E-state index contributed by atoms with van der Waals surface area (Å²) in [6, 6.07) is 9.08. The third-order valence-electron chi connectivity index (χ3n) is 3.85. The van der Waals surface area contributed by atoms with Gasteiger partial charge in [-0.15, -0.1) is 10.2 Å². The van der Waals surface area contributed by atoms with Crippen LogP contribution in [0.25, 0.3) is 33.5 Å². The summed E-state index contributed by atoms with van der Waals surface area (Å²) in [5.74, 6) is 0.804. The first kappa shape index (κ1) is 15.4. The van der Waals surface area contributed by atoms with Gasteiger partial charge in [0, 0.05) is 17.9 Å². The molecule has 0 saturated carbocycles. The minimum absolute atomic E-state index is 0.335. The van der Waals surface area contributed by atoms with Crippen LogP contribution in [0.15, 0.2) is 47.0 Å². The quantitative estimate of drug-likeness (QED) is 0.577. The van der Waals surface area contributed by atoms with Crippen molar-refractivity contribution in [3.8, 4) is 22.6 Å². The lowest BCUT2D eigenvalue weighted by molar-refractivity contribution is -0.137. The van der Waals surface area contributed by atoms with Gasteiger partial charge in [0.05, 0.1) is 17.3 Å². The summed E-state index contributed by atoms with van der Waals surface area (Å²) in [6.07, 6.45) is -2.92. The largest absolute Gasteiger partial charge is 0.421 e. The molecule has 0 aliphatic carbocycles. The fourth-order valence-corrected chi connectivity index (χ4v) is 2.66. The lowest BCUT2D eigenvalue weighted by Gasteiger charge is -2.10. The molecule has 126 valence electrons. The maximum absolute atomic E-state index is 13.1. The van der Waals surface area contributed by atoms with Gasteiger partial charge in [-0.25, -0.2) is 0 Å². The Bertz CT molecular complexity index is 1050. The standard InChI is InChI=1S/C17H11F3N4O/c1-9-22-24-16(25-9)11-4-2-10(3-5-11)13-6-12(17(18,19)20)7-15-14(13)8-21-23-15/h2-8H,1H3,(H,21,23). The highest BCUT2D eigenvalue weighted by Gasteiger charge is 2.31. The van der Waals surface area contributed by atoms with Gasteiger partial charge in [0.1, 0.15) is 0 Å². The van der Waals surface area contributed by atoms with Gasteiger partial charge in [0.25, 0.3) is 0 Å². The van der Waals surface area contributed by atoms with Crippen molar-refractivity contribution >= 4 is 10.9 Å². The summed E-state index contributed by atoms with van der Waals surface area (Å²) in [4.78, 5) is 0. The molecule has 0 radical (unpaired) electrons. The van der Waals surface area contributed by atoms with E-state index in [-0.39, 0.29) is 0 Å². The van der Waals surface area contributed by atoms with Crippen LogP contribution in [-0.4, -0.2) is 20.4 Å². The van der Waals surface area contributed by atoms with Crippen LogP contribution in [0.1, 0.15) is 11.5 Å². The zero-order valence-electron chi connectivity index (χ0n) is 12.9. The number of hydrogen-bond acceptors (Lipinski definition) is 4. The topological polar surface area (TPSA) is 67.6 Å². The van der Waals surface area contributed by atoms with Crippen molar-refractivity contribution in [2.75, 3.05) is 0 Å². The van der Waals surface area contributed by atoms with E-state index in [1.165, 1.54) is 6.20 Å². The van der Waals surface area contributed by atoms with Crippen molar-refractivity contribution in [1.29, 1.82) is 0 Å². The van der Waals surface area contributed by atoms with Crippen molar-refractivity contribution in [2.24, 2.45) is 0 Å². The number of aromatic amines is 1. The van der Waals surface area contributed by atoms with Crippen LogP contribution in [-0.2, 0) is 6.18 Å². The molecule has 1 N–H and O–H groups in total. The monoisotopic (exact) mass is 344 g/mol. The van der Waals surface area contributed by atoms with Crippen LogP contribution in [0.4, 0.5) is 13.2 Å². The van der Waals surface area contributed by atoms with Gasteiger partial charge in [-0.1, -0.05) is 12.1 Å². The van der Waals surface area contributed by atoms with Crippen molar-refractivity contribution in [3.63, 3.8) is 0 Å². The Morgan fingerprint density at radius 3 is 2.36 bits per heavy atom. The molecule has 0 bridgehead atoms. The Hall–Kier alpha value is -3.16. The molecule has 0 fully saturated rings. The summed E-state index contributed by atoms with van der Waals surface area (Å²) in [6.45, 7) is 1.68. The molecule has 2 aromatic heterocycles. The molecular formula is C17H11F3N4O. The summed E-state index contributed by atoms with van der Waals surface area (Å²) in [5, 5.41) is 14.8. The van der Waals surface area contributed by atoms with Gasteiger partial charge < -0.3 is 4.42 Å². The Kier molecular flexibility index (Phi) is 3.34. The molecule has 8 heteroatoms. The van der Waals surface area contributed by atoms with Crippen molar-refractivity contribution in [3.05, 3.63) is 54.0 Å². The summed E-state index contributed by atoms with van der Waals surface area (Å²) < 4.78 is 44.8. The van der Waals surface area contributed by atoms with Crippen molar-refractivity contribution in [1.82, 2.24) is 20.4 Å². The van der Waals surface area contributed by atoms with E-state index in [9.17, 15) is 13.2 Å². The number of nitrogens with zero attached hydrogens (tertiary/aromatic N) is 3. The Morgan fingerprint density at radius 1 is 1.00 bits per heavy atom. The Morgan fingerprint density at radius 2 is 1.72 bits per heavy atom. The first-order valence-electron chi connectivity index (χ1n) is 7.37. The molecule has 0 atom stereocenters. The summed E-state index contributed by atoms with van der Waals surface area (Å²) >= 11 is 0. The molecule has 0 aliphatic heterocycles. The normalized spacial score (nSPS) is 12.0. The van der Waals surface area contributed by atoms with E-state index in [1.807, 2.05) is 0 Å². The van der Waals surface area contributed by atoms with Crippen LogP contribution >= 0.6 is 0 Å². The third-order valence-corrected chi connectivity index (χ3v) is 3.85. The van der Waals surface area contributed by atoms with Crippen molar-refractivity contribution in [2.45, 2.75) is 13.1 Å². The highest BCUT2D eigenvalue weighted by molar-refractivity contribution is 5.95. The van der Waals surface area contributed by atoms with Crippen LogP contribution in [0, 0.1) is 6.92 Å².